The maximum atomic E-state index is 11.7. The summed E-state index contributed by atoms with van der Waals surface area (Å²) >= 11 is 7.39. The van der Waals surface area contributed by atoms with Gasteiger partial charge in [0.25, 0.3) is 0 Å². The Morgan fingerprint density at radius 2 is 2.21 bits per heavy atom. The van der Waals surface area contributed by atoms with Crippen molar-refractivity contribution >= 4 is 29.1 Å². The summed E-state index contributed by atoms with van der Waals surface area (Å²) in [7, 11) is 0. The maximum absolute atomic E-state index is 11.7. The van der Waals surface area contributed by atoms with Gasteiger partial charge >= 0.3 is 0 Å². The first-order valence-electron chi connectivity index (χ1n) is 4.49. The summed E-state index contributed by atoms with van der Waals surface area (Å²) < 4.78 is 0. The Hall–Kier alpha value is -0.470. The highest BCUT2D eigenvalue weighted by atomic mass is 35.5. The molecular formula is C11H13ClOS. The van der Waals surface area contributed by atoms with Gasteiger partial charge in [0.1, 0.15) is 0 Å². The van der Waals surface area contributed by atoms with E-state index in [0.717, 1.165) is 16.0 Å². The van der Waals surface area contributed by atoms with Crippen molar-refractivity contribution in [1.29, 1.82) is 0 Å². The molecule has 0 atom stereocenters. The number of alkyl halides is 1. The minimum Gasteiger partial charge on any atom is -0.294 e. The number of hydrogen-bond donors (Lipinski definition) is 0. The zero-order chi connectivity index (χ0) is 10.6. The largest absolute Gasteiger partial charge is 0.294 e. The highest BCUT2D eigenvalue weighted by Gasteiger charge is 2.13. The molecule has 1 rings (SSSR count). The summed E-state index contributed by atoms with van der Waals surface area (Å²) in [6.45, 7) is 1.87. The molecule has 0 aliphatic heterocycles. The van der Waals surface area contributed by atoms with E-state index in [1.54, 1.807) is 11.8 Å². The molecule has 76 valence electrons. The lowest BCUT2D eigenvalue weighted by Gasteiger charge is -2.09. The van der Waals surface area contributed by atoms with Crippen LogP contribution in [0.15, 0.2) is 23.1 Å². The van der Waals surface area contributed by atoms with Crippen molar-refractivity contribution in [1.82, 2.24) is 0 Å². The molecule has 3 heteroatoms. The molecule has 0 aliphatic rings. The lowest BCUT2D eigenvalue weighted by atomic mass is 10.0. The number of carbonyl (C=O) groups is 1. The van der Waals surface area contributed by atoms with Gasteiger partial charge in [-0.1, -0.05) is 19.1 Å². The second kappa shape index (κ2) is 5.42. The van der Waals surface area contributed by atoms with E-state index in [9.17, 15) is 4.79 Å². The molecule has 0 heterocycles. The molecule has 0 spiro atoms. The van der Waals surface area contributed by atoms with E-state index in [1.165, 1.54) is 0 Å². The number of carbonyl (C=O) groups excluding carboxylic acids is 1. The van der Waals surface area contributed by atoms with Crippen LogP contribution in [0.2, 0.25) is 0 Å². The molecular weight excluding hydrogens is 216 g/mol. The van der Waals surface area contributed by atoms with Gasteiger partial charge in [0, 0.05) is 22.8 Å². The fraction of sp³-hybridized carbons (Fsp3) is 0.364. The average molecular weight is 229 g/mol. The van der Waals surface area contributed by atoms with Crippen LogP contribution in [0, 0.1) is 0 Å². The van der Waals surface area contributed by atoms with Crippen molar-refractivity contribution in [2.75, 3.05) is 6.26 Å². The van der Waals surface area contributed by atoms with E-state index in [-0.39, 0.29) is 5.78 Å². The summed E-state index contributed by atoms with van der Waals surface area (Å²) in [4.78, 5) is 12.7. The second-order valence-corrected chi connectivity index (χ2v) is 4.02. The van der Waals surface area contributed by atoms with Crippen LogP contribution in [-0.2, 0) is 5.88 Å². The molecule has 14 heavy (non-hydrogen) atoms. The topological polar surface area (TPSA) is 17.1 Å². The van der Waals surface area contributed by atoms with Gasteiger partial charge in [0.15, 0.2) is 5.78 Å². The molecule has 0 unspecified atom stereocenters. The van der Waals surface area contributed by atoms with Gasteiger partial charge in [-0.3, -0.25) is 4.79 Å². The Bertz CT molecular complexity index is 314. The van der Waals surface area contributed by atoms with Crippen LogP contribution in [0.5, 0.6) is 0 Å². The van der Waals surface area contributed by atoms with Crippen LogP contribution in [0.4, 0.5) is 0 Å². The minimum atomic E-state index is 0.172. The zero-order valence-corrected chi connectivity index (χ0v) is 9.91. The number of halogens is 1. The van der Waals surface area contributed by atoms with Crippen molar-refractivity contribution in [2.24, 2.45) is 0 Å². The highest BCUT2D eigenvalue weighted by molar-refractivity contribution is 7.98. The molecule has 1 nitrogen and oxygen atoms in total. The van der Waals surface area contributed by atoms with Gasteiger partial charge in [-0.25, -0.2) is 0 Å². The van der Waals surface area contributed by atoms with Crippen molar-refractivity contribution in [3.63, 3.8) is 0 Å². The molecule has 0 amide bonds. The highest BCUT2D eigenvalue weighted by Crippen LogP contribution is 2.25. The number of ketones is 1. The molecule has 0 radical (unpaired) electrons. The van der Waals surface area contributed by atoms with Gasteiger partial charge < -0.3 is 0 Å². The first kappa shape index (κ1) is 11.6. The number of thioether (sulfide) groups is 1. The quantitative estimate of drug-likeness (QED) is 0.444. The SMILES string of the molecule is CCC(=O)c1c(CCl)cccc1SC. The third kappa shape index (κ3) is 2.31. The zero-order valence-electron chi connectivity index (χ0n) is 8.34. The van der Waals surface area contributed by atoms with Crippen LogP contribution in [0.3, 0.4) is 0 Å². The molecule has 0 aromatic heterocycles. The predicted octanol–water partition coefficient (Wildman–Crippen LogP) is 3.74. The number of Topliss-reactive ketones (excluding diaryl/α,β-unsaturated/α-hetero) is 1. The third-order valence-electron chi connectivity index (χ3n) is 2.08. The van der Waals surface area contributed by atoms with E-state index in [1.807, 2.05) is 31.4 Å². The van der Waals surface area contributed by atoms with Crippen molar-refractivity contribution in [2.45, 2.75) is 24.1 Å². The first-order chi connectivity index (χ1) is 6.74. The third-order valence-corrected chi connectivity index (χ3v) is 3.14. The van der Waals surface area contributed by atoms with Crippen LogP contribution in [0.25, 0.3) is 0 Å². The fourth-order valence-corrected chi connectivity index (χ4v) is 2.24. The average Bonchev–Trinajstić information content (AvgIpc) is 2.26. The monoisotopic (exact) mass is 228 g/mol. The molecule has 0 aliphatic carbocycles. The van der Waals surface area contributed by atoms with E-state index in [0.29, 0.717) is 12.3 Å². The Balaban J connectivity index is 3.25. The van der Waals surface area contributed by atoms with Gasteiger partial charge in [-0.15, -0.1) is 23.4 Å². The normalized spacial score (nSPS) is 10.2. The van der Waals surface area contributed by atoms with Crippen molar-refractivity contribution in [3.05, 3.63) is 29.3 Å². The minimum absolute atomic E-state index is 0.172. The molecule has 1 aromatic rings. The van der Waals surface area contributed by atoms with E-state index < -0.39 is 0 Å². The Kier molecular flexibility index (Phi) is 4.49. The second-order valence-electron chi connectivity index (χ2n) is 2.90. The summed E-state index contributed by atoms with van der Waals surface area (Å²) in [6.07, 6.45) is 2.50. The summed E-state index contributed by atoms with van der Waals surface area (Å²) in [5.41, 5.74) is 1.74. The van der Waals surface area contributed by atoms with Crippen molar-refractivity contribution < 1.29 is 4.79 Å². The van der Waals surface area contributed by atoms with Gasteiger partial charge in [-0.2, -0.15) is 0 Å². The van der Waals surface area contributed by atoms with E-state index in [2.05, 4.69) is 0 Å². The molecule has 0 saturated carbocycles. The Morgan fingerprint density at radius 1 is 1.50 bits per heavy atom. The molecule has 1 aromatic carbocycles. The fourth-order valence-electron chi connectivity index (χ4n) is 1.35. The van der Waals surface area contributed by atoms with Crippen LogP contribution < -0.4 is 0 Å². The number of hydrogen-bond acceptors (Lipinski definition) is 2. The maximum Gasteiger partial charge on any atom is 0.164 e. The first-order valence-corrected chi connectivity index (χ1v) is 6.25. The van der Waals surface area contributed by atoms with Gasteiger partial charge in [0.2, 0.25) is 0 Å². The van der Waals surface area contributed by atoms with E-state index >= 15 is 0 Å². The lowest BCUT2D eigenvalue weighted by Crippen LogP contribution is -2.03. The molecule has 0 bridgehead atoms. The molecule has 0 saturated heterocycles. The Morgan fingerprint density at radius 3 is 2.71 bits per heavy atom. The Labute approximate surface area is 93.8 Å². The number of benzene rings is 1. The van der Waals surface area contributed by atoms with Crippen LogP contribution >= 0.6 is 23.4 Å². The molecule has 0 fully saturated rings. The lowest BCUT2D eigenvalue weighted by molar-refractivity contribution is 0.0984. The van der Waals surface area contributed by atoms with Crippen LogP contribution in [-0.4, -0.2) is 12.0 Å². The van der Waals surface area contributed by atoms with E-state index in [4.69, 9.17) is 11.6 Å². The summed E-state index contributed by atoms with van der Waals surface area (Å²) in [6, 6.07) is 5.81. The van der Waals surface area contributed by atoms with Gasteiger partial charge in [0.05, 0.1) is 0 Å². The smallest absolute Gasteiger partial charge is 0.164 e. The number of rotatable bonds is 4. The standard InChI is InChI=1S/C11H13ClOS/c1-3-9(13)11-8(7-12)5-4-6-10(11)14-2/h4-6H,3,7H2,1-2H3. The van der Waals surface area contributed by atoms with Crippen molar-refractivity contribution in [3.8, 4) is 0 Å². The summed E-state index contributed by atoms with van der Waals surface area (Å²) in [5, 5.41) is 0. The summed E-state index contributed by atoms with van der Waals surface area (Å²) in [5.74, 6) is 0.570. The van der Waals surface area contributed by atoms with Gasteiger partial charge in [-0.05, 0) is 17.9 Å². The van der Waals surface area contributed by atoms with Crippen LogP contribution in [0.1, 0.15) is 29.3 Å². The predicted molar refractivity (Wildman–Crippen MR) is 62.4 cm³/mol. The molecule has 0 N–H and O–H groups in total.